The van der Waals surface area contributed by atoms with E-state index in [1.807, 2.05) is 0 Å². The van der Waals surface area contributed by atoms with Crippen molar-refractivity contribution in [3.8, 4) is 0 Å². The number of aromatic amines is 1. The number of fused-ring (bicyclic) bond motifs is 5. The van der Waals surface area contributed by atoms with Gasteiger partial charge in [0.25, 0.3) is 13.4 Å². The number of phosphoric ester groups is 1. The lowest BCUT2D eigenvalue weighted by atomic mass is 10.1. The van der Waals surface area contributed by atoms with Gasteiger partial charge in [0.2, 0.25) is 11.9 Å². The number of carbonyl (C=O) groups excluding carboxylic acids is 1. The molecule has 4 aromatic rings. The molecular formula is C23H27FN12O11PS-. The standard InChI is InChI=1S/C23H28FN12O11PS/c1-8(2)19(37)31-23-30-18-14(20(38)32-23)33-34-36(18)21-10-3-9(44-21)5-43-48(39,40)46-15-11(4-29-49(41,42)47-10)45-22(12(15)24)35-7-28-13-16(25)26-6-27-17(13)35/h6-12,15,21-22,29H,3-5H2,1-2H3,(H,39,40)(H2,25,26,27)(H2,30,31,32,37,38)/p-1/t9-,10+,11+,12-,15+,21+,22+/m0/s1. The molecule has 0 aromatic carbocycles. The number of anilines is 2. The number of phosphoric acid groups is 1. The van der Waals surface area contributed by atoms with Crippen LogP contribution >= 0.6 is 7.82 Å². The molecule has 4 aromatic heterocycles. The van der Waals surface area contributed by atoms with Gasteiger partial charge in [-0.05, 0) is 0 Å². The minimum atomic E-state index is -5.31. The van der Waals surface area contributed by atoms with Gasteiger partial charge in [-0.2, -0.15) is 22.8 Å². The SMILES string of the molecule is CC(C)C(=O)Nc1nc2c(nnn2[C@@H]2O[C@@H]3COP(=O)([O-])O[C@H]4[C@H](F)[C@H](n5cnc6c(N)ncnc65)O[C@@H]4CNS(=O)(=O)O[C@@H]2C3)c(=O)[nH]1. The van der Waals surface area contributed by atoms with Crippen LogP contribution in [0.5, 0.6) is 0 Å². The second-order valence-corrected chi connectivity index (χ2v) is 14.2. The molecule has 5 N–H and O–H groups in total. The third-order valence-electron chi connectivity index (χ3n) is 7.80. The van der Waals surface area contributed by atoms with Crippen LogP contribution in [0.4, 0.5) is 16.2 Å². The van der Waals surface area contributed by atoms with E-state index in [4.69, 9.17) is 28.4 Å². The van der Waals surface area contributed by atoms with E-state index in [0.717, 1.165) is 21.9 Å². The molecule has 1 amide bonds. The zero-order chi connectivity index (χ0) is 34.8. The van der Waals surface area contributed by atoms with Crippen LogP contribution in [-0.2, 0) is 42.4 Å². The number of nitrogens with zero attached hydrogens (tertiary/aromatic N) is 8. The molecule has 26 heteroatoms. The highest BCUT2D eigenvalue weighted by atomic mass is 32.2. The normalized spacial score (nSPS) is 32.1. The van der Waals surface area contributed by atoms with Crippen LogP contribution in [0.2, 0.25) is 0 Å². The second kappa shape index (κ2) is 12.4. The molecule has 3 fully saturated rings. The Bertz CT molecular complexity index is 2150. The minimum absolute atomic E-state index is 0.00621. The number of hydrogen-bond donors (Lipinski definition) is 4. The van der Waals surface area contributed by atoms with Crippen LogP contribution in [0.3, 0.4) is 0 Å². The fraction of sp³-hybridized carbons (Fsp3) is 0.565. The number of amides is 1. The number of carbonyl (C=O) groups is 1. The number of aromatic nitrogens is 9. The van der Waals surface area contributed by atoms with Gasteiger partial charge in [0.15, 0.2) is 41.3 Å². The molecule has 3 saturated heterocycles. The zero-order valence-electron chi connectivity index (χ0n) is 25.3. The van der Waals surface area contributed by atoms with E-state index in [0.29, 0.717) is 0 Å². The summed E-state index contributed by atoms with van der Waals surface area (Å²) in [7, 11) is -10.0. The lowest BCUT2D eigenvalue weighted by molar-refractivity contribution is -0.234. The zero-order valence-corrected chi connectivity index (χ0v) is 27.0. The molecule has 3 aliphatic heterocycles. The summed E-state index contributed by atoms with van der Waals surface area (Å²) in [4.78, 5) is 56.3. The van der Waals surface area contributed by atoms with Crippen molar-refractivity contribution in [1.82, 2.24) is 49.2 Å². The second-order valence-electron chi connectivity index (χ2n) is 11.5. The maximum Gasteiger partial charge on any atom is 0.336 e. The van der Waals surface area contributed by atoms with Crippen molar-refractivity contribution in [1.29, 1.82) is 0 Å². The summed E-state index contributed by atoms with van der Waals surface area (Å²) in [5.74, 6) is -1.17. The summed E-state index contributed by atoms with van der Waals surface area (Å²) in [6, 6.07) is 0. The molecule has 7 heterocycles. The number of H-pyrrole nitrogens is 1. The summed E-state index contributed by atoms with van der Waals surface area (Å²) < 4.78 is 86.7. The lowest BCUT2D eigenvalue weighted by Crippen LogP contribution is -2.42. The summed E-state index contributed by atoms with van der Waals surface area (Å²) >= 11 is 0. The largest absolute Gasteiger partial charge is 0.756 e. The predicted molar refractivity (Wildman–Crippen MR) is 157 cm³/mol. The van der Waals surface area contributed by atoms with Gasteiger partial charge in [0.05, 0.1) is 19.0 Å². The summed E-state index contributed by atoms with van der Waals surface area (Å²) in [5.41, 5.74) is 4.72. The fourth-order valence-corrected chi connectivity index (χ4v) is 7.35. The Morgan fingerprint density at radius 3 is 2.76 bits per heavy atom. The van der Waals surface area contributed by atoms with Gasteiger partial charge in [-0.25, -0.2) is 23.5 Å². The molecule has 264 valence electrons. The number of ether oxygens (including phenoxy) is 2. The van der Waals surface area contributed by atoms with E-state index >= 15 is 4.39 Å². The number of halogens is 1. The van der Waals surface area contributed by atoms with E-state index in [1.165, 1.54) is 0 Å². The molecular weight excluding hydrogens is 702 g/mol. The van der Waals surface area contributed by atoms with Crippen LogP contribution < -0.4 is 26.2 Å². The molecule has 2 bridgehead atoms. The average Bonchev–Trinajstić information content (AvgIpc) is 3.80. The maximum atomic E-state index is 15.9. The van der Waals surface area contributed by atoms with Crippen LogP contribution in [0.1, 0.15) is 32.7 Å². The van der Waals surface area contributed by atoms with Crippen LogP contribution in [-0.4, -0.2) is 103 Å². The van der Waals surface area contributed by atoms with Gasteiger partial charge in [-0.3, -0.25) is 29.0 Å². The fourth-order valence-electron chi connectivity index (χ4n) is 5.46. The Morgan fingerprint density at radius 1 is 1.18 bits per heavy atom. The molecule has 0 saturated carbocycles. The van der Waals surface area contributed by atoms with Gasteiger partial charge in [-0.15, -0.1) is 5.10 Å². The first-order valence-corrected chi connectivity index (χ1v) is 17.4. The quantitative estimate of drug-likeness (QED) is 0.168. The molecule has 0 spiro atoms. The monoisotopic (exact) mass is 729 g/mol. The molecule has 0 aliphatic carbocycles. The molecule has 49 heavy (non-hydrogen) atoms. The number of rotatable bonds is 4. The summed E-state index contributed by atoms with van der Waals surface area (Å²) in [5, 5.41) is 10.1. The van der Waals surface area contributed by atoms with Crippen molar-refractivity contribution in [2.45, 2.75) is 63.3 Å². The Hall–Kier alpha value is -4.07. The van der Waals surface area contributed by atoms with Crippen molar-refractivity contribution < 1.29 is 49.8 Å². The molecule has 3 aliphatic rings. The predicted octanol–water partition coefficient (Wildman–Crippen LogP) is -1.84. The number of nitrogen functional groups attached to an aromatic ring is 1. The Labute approximate surface area is 273 Å². The van der Waals surface area contributed by atoms with Gasteiger partial charge >= 0.3 is 10.3 Å². The minimum Gasteiger partial charge on any atom is -0.756 e. The van der Waals surface area contributed by atoms with Crippen LogP contribution in [0, 0.1) is 5.92 Å². The molecule has 1 unspecified atom stereocenters. The maximum absolute atomic E-state index is 15.9. The number of nitrogens with two attached hydrogens (primary N) is 1. The van der Waals surface area contributed by atoms with E-state index in [1.54, 1.807) is 13.8 Å². The van der Waals surface area contributed by atoms with E-state index in [9.17, 15) is 27.5 Å². The first kappa shape index (κ1) is 33.4. The van der Waals surface area contributed by atoms with Crippen LogP contribution in [0.15, 0.2) is 17.4 Å². The third kappa shape index (κ3) is 6.39. The Kier molecular flexibility index (Phi) is 8.43. The first-order chi connectivity index (χ1) is 23.2. The first-order valence-electron chi connectivity index (χ1n) is 14.6. The van der Waals surface area contributed by atoms with Crippen molar-refractivity contribution in [3.05, 3.63) is 23.0 Å². The van der Waals surface area contributed by atoms with Gasteiger partial charge < -0.3 is 29.1 Å². The number of hydrogen-bond acceptors (Lipinski definition) is 18. The van der Waals surface area contributed by atoms with Crippen molar-refractivity contribution >= 4 is 58.1 Å². The van der Waals surface area contributed by atoms with Gasteiger partial charge in [0, 0.05) is 18.9 Å². The summed E-state index contributed by atoms with van der Waals surface area (Å²) in [6.07, 6.45) is -9.26. The highest BCUT2D eigenvalue weighted by Gasteiger charge is 2.50. The van der Waals surface area contributed by atoms with Crippen molar-refractivity contribution in [2.24, 2.45) is 5.92 Å². The molecule has 7 rings (SSSR count). The van der Waals surface area contributed by atoms with Crippen LogP contribution in [0.25, 0.3) is 22.3 Å². The average molecular weight is 730 g/mol. The van der Waals surface area contributed by atoms with E-state index in [-0.39, 0.29) is 40.5 Å². The number of nitrogens with one attached hydrogen (secondary N) is 3. The van der Waals surface area contributed by atoms with Gasteiger partial charge in [-0.1, -0.05) is 19.1 Å². The van der Waals surface area contributed by atoms with Gasteiger partial charge in [0.1, 0.15) is 30.2 Å². The smallest absolute Gasteiger partial charge is 0.336 e. The number of imidazole rings is 1. The van der Waals surface area contributed by atoms with Crippen molar-refractivity contribution in [3.63, 3.8) is 0 Å². The molecule has 8 atom stereocenters. The van der Waals surface area contributed by atoms with E-state index in [2.05, 4.69) is 45.3 Å². The Morgan fingerprint density at radius 2 is 1.98 bits per heavy atom. The molecule has 23 nitrogen and oxygen atoms in total. The third-order valence-corrected chi connectivity index (χ3v) is 9.78. The summed E-state index contributed by atoms with van der Waals surface area (Å²) in [6.45, 7) is 1.79. The molecule has 0 radical (unpaired) electrons. The number of alkyl halides is 1. The highest BCUT2D eigenvalue weighted by Crippen LogP contribution is 2.47. The lowest BCUT2D eigenvalue weighted by Gasteiger charge is -2.29. The highest BCUT2D eigenvalue weighted by molar-refractivity contribution is 7.84. The van der Waals surface area contributed by atoms with E-state index < -0.39 is 91.7 Å². The van der Waals surface area contributed by atoms with Crippen molar-refractivity contribution in [2.75, 3.05) is 24.2 Å². The Balaban J connectivity index is 1.18. The topological polar surface area (TPSA) is 308 Å².